The molecule has 0 aliphatic carbocycles. The number of carbonyl (C=O) groups is 1. The van der Waals surface area contributed by atoms with Crippen LogP contribution < -0.4 is 15.8 Å². The third-order valence-electron chi connectivity index (χ3n) is 2.20. The molecule has 0 unspecified atom stereocenters. The molecule has 0 bridgehead atoms. The number of nitrogens with one attached hydrogen (secondary N) is 1. The molecule has 3 N–H and O–H groups in total. The average Bonchev–Trinajstić information content (AvgIpc) is 2.25. The molecule has 16 heavy (non-hydrogen) atoms. The van der Waals surface area contributed by atoms with Gasteiger partial charge in [0.15, 0.2) is 0 Å². The van der Waals surface area contributed by atoms with Gasteiger partial charge in [-0.25, -0.2) is 0 Å². The van der Waals surface area contributed by atoms with E-state index in [2.05, 4.69) is 5.32 Å². The number of methoxy groups -OCH3 is 1. The lowest BCUT2D eigenvalue weighted by Crippen LogP contribution is -2.48. The Kier molecular flexibility index (Phi) is 3.90. The largest absolute Gasteiger partial charge is 0.497 e. The molecule has 1 aromatic rings. The van der Waals surface area contributed by atoms with Crippen LogP contribution in [-0.2, 0) is 11.3 Å². The lowest BCUT2D eigenvalue weighted by molar-refractivity contribution is -0.125. The summed E-state index contributed by atoms with van der Waals surface area (Å²) in [5.41, 5.74) is 5.83. The van der Waals surface area contributed by atoms with Gasteiger partial charge in [0.05, 0.1) is 12.6 Å². The van der Waals surface area contributed by atoms with Gasteiger partial charge in [0.1, 0.15) is 5.75 Å². The van der Waals surface area contributed by atoms with Crippen molar-refractivity contribution >= 4 is 5.91 Å². The molecule has 0 spiro atoms. The van der Waals surface area contributed by atoms with E-state index in [1.165, 1.54) is 0 Å². The van der Waals surface area contributed by atoms with E-state index >= 15 is 0 Å². The molecule has 0 fully saturated rings. The van der Waals surface area contributed by atoms with Crippen molar-refractivity contribution in [2.75, 3.05) is 7.11 Å². The van der Waals surface area contributed by atoms with Crippen molar-refractivity contribution in [3.8, 4) is 5.75 Å². The Morgan fingerprint density at radius 3 is 2.38 bits per heavy atom. The molecule has 0 aliphatic heterocycles. The van der Waals surface area contributed by atoms with Crippen LogP contribution in [0.5, 0.6) is 5.75 Å². The number of hydrogen-bond acceptors (Lipinski definition) is 3. The Bertz CT molecular complexity index is 352. The first kappa shape index (κ1) is 12.5. The molecule has 0 saturated carbocycles. The quantitative estimate of drug-likeness (QED) is 0.800. The second kappa shape index (κ2) is 4.99. The maximum Gasteiger partial charge on any atom is 0.239 e. The molecule has 1 amide bonds. The molecule has 4 heteroatoms. The molecule has 0 heterocycles. The van der Waals surface area contributed by atoms with Gasteiger partial charge in [-0.05, 0) is 31.5 Å². The normalized spacial score (nSPS) is 11.0. The minimum Gasteiger partial charge on any atom is -0.497 e. The molecular weight excluding hydrogens is 204 g/mol. The Hall–Kier alpha value is -1.55. The molecule has 0 saturated heterocycles. The van der Waals surface area contributed by atoms with E-state index in [0.29, 0.717) is 6.54 Å². The number of carbonyl (C=O) groups excluding carboxylic acids is 1. The van der Waals surface area contributed by atoms with Crippen LogP contribution in [0.4, 0.5) is 0 Å². The summed E-state index contributed by atoms with van der Waals surface area (Å²) in [5.74, 6) is 0.637. The Morgan fingerprint density at radius 1 is 1.38 bits per heavy atom. The maximum atomic E-state index is 11.5. The van der Waals surface area contributed by atoms with Crippen LogP contribution in [0.25, 0.3) is 0 Å². The summed E-state index contributed by atoms with van der Waals surface area (Å²) in [6.45, 7) is 3.83. The minimum absolute atomic E-state index is 0.164. The summed E-state index contributed by atoms with van der Waals surface area (Å²) in [5, 5.41) is 2.77. The van der Waals surface area contributed by atoms with Crippen molar-refractivity contribution in [3.63, 3.8) is 0 Å². The monoisotopic (exact) mass is 222 g/mol. The average molecular weight is 222 g/mol. The Balaban J connectivity index is 2.52. The molecule has 1 aromatic carbocycles. The zero-order valence-corrected chi connectivity index (χ0v) is 9.91. The van der Waals surface area contributed by atoms with Gasteiger partial charge in [-0.1, -0.05) is 12.1 Å². The summed E-state index contributed by atoms with van der Waals surface area (Å²) in [7, 11) is 1.62. The molecule has 0 aliphatic rings. The fraction of sp³-hybridized carbons (Fsp3) is 0.417. The standard InChI is InChI=1S/C12H18N2O2/c1-12(2,13)11(15)14-8-9-4-6-10(16-3)7-5-9/h4-7H,8,13H2,1-3H3,(H,14,15). The summed E-state index contributed by atoms with van der Waals surface area (Å²) in [4.78, 5) is 11.5. The van der Waals surface area contributed by atoms with Gasteiger partial charge in [0, 0.05) is 6.54 Å². The smallest absolute Gasteiger partial charge is 0.239 e. The fourth-order valence-electron chi connectivity index (χ4n) is 1.15. The lowest BCUT2D eigenvalue weighted by Gasteiger charge is -2.17. The Morgan fingerprint density at radius 2 is 1.94 bits per heavy atom. The van der Waals surface area contributed by atoms with Crippen molar-refractivity contribution in [1.82, 2.24) is 5.32 Å². The van der Waals surface area contributed by atoms with Gasteiger partial charge in [0.2, 0.25) is 5.91 Å². The van der Waals surface area contributed by atoms with Crippen LogP contribution >= 0.6 is 0 Å². The zero-order chi connectivity index (χ0) is 12.2. The van der Waals surface area contributed by atoms with E-state index in [1.807, 2.05) is 24.3 Å². The number of nitrogens with two attached hydrogens (primary N) is 1. The van der Waals surface area contributed by atoms with Crippen LogP contribution in [0.15, 0.2) is 24.3 Å². The van der Waals surface area contributed by atoms with Crippen molar-refractivity contribution < 1.29 is 9.53 Å². The highest BCUT2D eigenvalue weighted by Gasteiger charge is 2.20. The van der Waals surface area contributed by atoms with Crippen LogP contribution in [0, 0.1) is 0 Å². The number of benzene rings is 1. The van der Waals surface area contributed by atoms with Gasteiger partial charge < -0.3 is 15.8 Å². The second-order valence-corrected chi connectivity index (χ2v) is 4.25. The van der Waals surface area contributed by atoms with E-state index in [1.54, 1.807) is 21.0 Å². The molecular formula is C12H18N2O2. The van der Waals surface area contributed by atoms with E-state index < -0.39 is 5.54 Å². The van der Waals surface area contributed by atoms with E-state index in [0.717, 1.165) is 11.3 Å². The molecule has 0 atom stereocenters. The fourth-order valence-corrected chi connectivity index (χ4v) is 1.15. The predicted octanol–water partition coefficient (Wildman–Crippen LogP) is 1.05. The van der Waals surface area contributed by atoms with Gasteiger partial charge in [-0.3, -0.25) is 4.79 Å². The summed E-state index contributed by atoms with van der Waals surface area (Å²) in [6.07, 6.45) is 0. The predicted molar refractivity (Wildman–Crippen MR) is 63.1 cm³/mol. The molecule has 0 aromatic heterocycles. The number of amides is 1. The van der Waals surface area contributed by atoms with Crippen molar-refractivity contribution in [3.05, 3.63) is 29.8 Å². The van der Waals surface area contributed by atoms with Gasteiger partial charge >= 0.3 is 0 Å². The van der Waals surface area contributed by atoms with E-state index in [4.69, 9.17) is 10.5 Å². The van der Waals surface area contributed by atoms with Crippen molar-refractivity contribution in [1.29, 1.82) is 0 Å². The number of ether oxygens (including phenoxy) is 1. The molecule has 88 valence electrons. The van der Waals surface area contributed by atoms with Crippen LogP contribution in [0.2, 0.25) is 0 Å². The molecule has 4 nitrogen and oxygen atoms in total. The topological polar surface area (TPSA) is 64.3 Å². The van der Waals surface area contributed by atoms with Gasteiger partial charge in [-0.2, -0.15) is 0 Å². The highest BCUT2D eigenvalue weighted by Crippen LogP contribution is 2.11. The van der Waals surface area contributed by atoms with E-state index in [-0.39, 0.29) is 5.91 Å². The zero-order valence-electron chi connectivity index (χ0n) is 9.91. The van der Waals surface area contributed by atoms with Crippen molar-refractivity contribution in [2.45, 2.75) is 25.9 Å². The SMILES string of the molecule is COc1ccc(CNC(=O)C(C)(C)N)cc1. The summed E-state index contributed by atoms with van der Waals surface area (Å²) < 4.78 is 5.04. The van der Waals surface area contributed by atoms with Crippen LogP contribution in [0.1, 0.15) is 19.4 Å². The maximum absolute atomic E-state index is 11.5. The highest BCUT2D eigenvalue weighted by atomic mass is 16.5. The first-order chi connectivity index (χ1) is 7.43. The summed E-state index contributed by atoms with van der Waals surface area (Å²) >= 11 is 0. The van der Waals surface area contributed by atoms with Crippen molar-refractivity contribution in [2.24, 2.45) is 5.73 Å². The highest BCUT2D eigenvalue weighted by molar-refractivity contribution is 5.84. The first-order valence-corrected chi connectivity index (χ1v) is 5.13. The lowest BCUT2D eigenvalue weighted by atomic mass is 10.1. The summed E-state index contributed by atoms with van der Waals surface area (Å²) in [6, 6.07) is 7.52. The third kappa shape index (κ3) is 3.55. The molecule has 0 radical (unpaired) electrons. The van der Waals surface area contributed by atoms with E-state index in [9.17, 15) is 4.79 Å². The molecule has 1 rings (SSSR count). The number of hydrogen-bond donors (Lipinski definition) is 2. The number of rotatable bonds is 4. The first-order valence-electron chi connectivity index (χ1n) is 5.13. The third-order valence-corrected chi connectivity index (χ3v) is 2.20. The van der Waals surface area contributed by atoms with Crippen LogP contribution in [0.3, 0.4) is 0 Å². The van der Waals surface area contributed by atoms with Crippen LogP contribution in [-0.4, -0.2) is 18.6 Å². The van der Waals surface area contributed by atoms with Gasteiger partial charge in [-0.15, -0.1) is 0 Å². The van der Waals surface area contributed by atoms with Gasteiger partial charge in [0.25, 0.3) is 0 Å². The second-order valence-electron chi connectivity index (χ2n) is 4.25. The minimum atomic E-state index is -0.841. The Labute approximate surface area is 95.8 Å².